The number of amides is 2. The minimum Gasteiger partial charge on any atom is -0.457 e. The van der Waals surface area contributed by atoms with Crippen molar-refractivity contribution in [1.29, 1.82) is 0 Å². The highest BCUT2D eigenvalue weighted by Gasteiger charge is 2.49. The smallest absolute Gasteiger partial charge is 0.237 e. The number of halogens is 1. The molecule has 26 heavy (non-hydrogen) atoms. The average molecular weight is 414 g/mol. The molecule has 2 aromatic rings. The SMILES string of the molecule is C[C@@H]1CC[C@H]2C(=O)N(c3ccc(Oc4ccc(Br)cc4)cc3)C(=O)[C@H]2C1. The number of ether oxygens (including phenoxy) is 1. The summed E-state index contributed by atoms with van der Waals surface area (Å²) in [6.07, 6.45) is 2.65. The van der Waals surface area contributed by atoms with E-state index >= 15 is 0 Å². The Balaban J connectivity index is 1.52. The fourth-order valence-electron chi connectivity index (χ4n) is 3.95. The van der Waals surface area contributed by atoms with E-state index in [0.29, 0.717) is 17.4 Å². The first-order chi connectivity index (χ1) is 12.5. The maximum atomic E-state index is 12.8. The molecule has 5 heteroatoms. The molecule has 2 amide bonds. The van der Waals surface area contributed by atoms with Gasteiger partial charge in [-0.3, -0.25) is 14.5 Å². The van der Waals surface area contributed by atoms with Gasteiger partial charge in [0.25, 0.3) is 0 Å². The van der Waals surface area contributed by atoms with Crippen LogP contribution in [0.1, 0.15) is 26.2 Å². The van der Waals surface area contributed by atoms with Gasteiger partial charge in [0.1, 0.15) is 11.5 Å². The van der Waals surface area contributed by atoms with Crippen molar-refractivity contribution >= 4 is 33.4 Å². The maximum absolute atomic E-state index is 12.8. The third kappa shape index (κ3) is 3.16. The first-order valence-electron chi connectivity index (χ1n) is 8.94. The van der Waals surface area contributed by atoms with Gasteiger partial charge in [-0.15, -0.1) is 0 Å². The minimum atomic E-state index is -0.148. The highest BCUT2D eigenvalue weighted by molar-refractivity contribution is 9.10. The van der Waals surface area contributed by atoms with E-state index in [1.807, 2.05) is 24.3 Å². The molecule has 1 heterocycles. The lowest BCUT2D eigenvalue weighted by atomic mass is 9.76. The average Bonchev–Trinajstić information content (AvgIpc) is 2.88. The number of hydrogen-bond acceptors (Lipinski definition) is 3. The number of carbonyl (C=O) groups is 2. The highest BCUT2D eigenvalue weighted by Crippen LogP contribution is 2.42. The van der Waals surface area contributed by atoms with Crippen LogP contribution in [-0.4, -0.2) is 11.8 Å². The fourth-order valence-corrected chi connectivity index (χ4v) is 4.21. The lowest BCUT2D eigenvalue weighted by Gasteiger charge is -2.25. The van der Waals surface area contributed by atoms with Gasteiger partial charge in [0.2, 0.25) is 11.8 Å². The quantitative estimate of drug-likeness (QED) is 0.652. The molecule has 2 fully saturated rings. The Morgan fingerprint density at radius 3 is 2.12 bits per heavy atom. The van der Waals surface area contributed by atoms with Gasteiger partial charge in [-0.05, 0) is 73.7 Å². The summed E-state index contributed by atoms with van der Waals surface area (Å²) in [6.45, 7) is 2.16. The van der Waals surface area contributed by atoms with E-state index in [-0.39, 0.29) is 23.7 Å². The number of nitrogens with zero attached hydrogens (tertiary/aromatic N) is 1. The van der Waals surface area contributed by atoms with Crippen molar-refractivity contribution in [2.45, 2.75) is 26.2 Å². The molecule has 4 rings (SSSR count). The number of anilines is 1. The van der Waals surface area contributed by atoms with E-state index < -0.39 is 0 Å². The monoisotopic (exact) mass is 413 g/mol. The second kappa shape index (κ2) is 6.88. The van der Waals surface area contributed by atoms with Crippen LogP contribution < -0.4 is 9.64 Å². The standard InChI is InChI=1S/C21H20BrNO3/c1-13-2-11-18-19(12-13)21(25)23(20(18)24)15-5-9-17(10-6-15)26-16-7-3-14(22)4-8-16/h3-10,13,18-19H,2,11-12H2,1H3/t13-,18-,19+/m1/s1. The van der Waals surface area contributed by atoms with Gasteiger partial charge in [-0.25, -0.2) is 0 Å². The predicted molar refractivity (Wildman–Crippen MR) is 103 cm³/mol. The van der Waals surface area contributed by atoms with Crippen molar-refractivity contribution in [2.24, 2.45) is 17.8 Å². The van der Waals surface area contributed by atoms with E-state index in [1.165, 1.54) is 4.90 Å². The molecule has 2 aliphatic rings. The van der Waals surface area contributed by atoms with Gasteiger partial charge >= 0.3 is 0 Å². The molecular weight excluding hydrogens is 394 g/mol. The van der Waals surface area contributed by atoms with Crippen LogP contribution in [0.15, 0.2) is 53.0 Å². The van der Waals surface area contributed by atoms with Crippen LogP contribution in [0.2, 0.25) is 0 Å². The molecule has 0 bridgehead atoms. The summed E-state index contributed by atoms with van der Waals surface area (Å²) in [7, 11) is 0. The first kappa shape index (κ1) is 17.3. The zero-order valence-electron chi connectivity index (χ0n) is 14.5. The topological polar surface area (TPSA) is 46.6 Å². The molecule has 1 aliphatic heterocycles. The Hall–Kier alpha value is -2.14. The van der Waals surface area contributed by atoms with Gasteiger partial charge < -0.3 is 4.74 Å². The summed E-state index contributed by atoms with van der Waals surface area (Å²) >= 11 is 3.39. The summed E-state index contributed by atoms with van der Waals surface area (Å²) in [6, 6.07) is 14.7. The van der Waals surface area contributed by atoms with Crippen LogP contribution in [-0.2, 0) is 9.59 Å². The lowest BCUT2D eigenvalue weighted by Crippen LogP contribution is -2.30. The van der Waals surface area contributed by atoms with Crippen molar-refractivity contribution in [2.75, 3.05) is 4.90 Å². The molecule has 0 aromatic heterocycles. The fraction of sp³-hybridized carbons (Fsp3) is 0.333. The van der Waals surface area contributed by atoms with E-state index in [0.717, 1.165) is 29.5 Å². The minimum absolute atomic E-state index is 0.0477. The normalized spacial score (nSPS) is 25.3. The summed E-state index contributed by atoms with van der Waals surface area (Å²) in [5, 5.41) is 0. The molecule has 1 saturated carbocycles. The molecule has 2 aromatic carbocycles. The molecule has 0 unspecified atom stereocenters. The number of fused-ring (bicyclic) bond motifs is 1. The number of hydrogen-bond donors (Lipinski definition) is 0. The highest BCUT2D eigenvalue weighted by atomic mass is 79.9. The van der Waals surface area contributed by atoms with Crippen molar-refractivity contribution < 1.29 is 14.3 Å². The predicted octanol–water partition coefficient (Wildman–Crippen LogP) is 5.17. The number of benzene rings is 2. The Morgan fingerprint density at radius 1 is 0.885 bits per heavy atom. The number of carbonyl (C=O) groups excluding carboxylic acids is 2. The van der Waals surface area contributed by atoms with Gasteiger partial charge in [0.05, 0.1) is 17.5 Å². The largest absolute Gasteiger partial charge is 0.457 e. The van der Waals surface area contributed by atoms with E-state index in [4.69, 9.17) is 4.74 Å². The van der Waals surface area contributed by atoms with Gasteiger partial charge in [0.15, 0.2) is 0 Å². The maximum Gasteiger partial charge on any atom is 0.237 e. The van der Waals surface area contributed by atoms with Crippen LogP contribution in [0, 0.1) is 17.8 Å². The van der Waals surface area contributed by atoms with Crippen molar-refractivity contribution in [1.82, 2.24) is 0 Å². The molecule has 3 atom stereocenters. The molecular formula is C21H20BrNO3. The van der Waals surface area contributed by atoms with Crippen LogP contribution >= 0.6 is 15.9 Å². The van der Waals surface area contributed by atoms with Crippen LogP contribution in [0.4, 0.5) is 5.69 Å². The molecule has 0 radical (unpaired) electrons. The van der Waals surface area contributed by atoms with Gasteiger partial charge in [-0.2, -0.15) is 0 Å². The molecule has 134 valence electrons. The van der Waals surface area contributed by atoms with Crippen LogP contribution in [0.3, 0.4) is 0 Å². The van der Waals surface area contributed by atoms with Crippen molar-refractivity contribution in [3.05, 3.63) is 53.0 Å². The summed E-state index contributed by atoms with van der Waals surface area (Å²) in [5.74, 6) is 1.52. The molecule has 0 N–H and O–H groups in total. The molecule has 0 spiro atoms. The van der Waals surface area contributed by atoms with Gasteiger partial charge in [-0.1, -0.05) is 22.9 Å². The Bertz CT molecular complexity index is 831. The van der Waals surface area contributed by atoms with Crippen LogP contribution in [0.25, 0.3) is 0 Å². The Morgan fingerprint density at radius 2 is 1.46 bits per heavy atom. The van der Waals surface area contributed by atoms with Crippen LogP contribution in [0.5, 0.6) is 11.5 Å². The molecule has 4 nitrogen and oxygen atoms in total. The number of rotatable bonds is 3. The Labute approximate surface area is 161 Å². The summed E-state index contributed by atoms with van der Waals surface area (Å²) in [5.41, 5.74) is 0.630. The van der Waals surface area contributed by atoms with Gasteiger partial charge in [0, 0.05) is 4.47 Å². The second-order valence-corrected chi connectivity index (χ2v) is 8.11. The zero-order chi connectivity index (χ0) is 18.3. The lowest BCUT2D eigenvalue weighted by molar-refractivity contribution is -0.122. The Kier molecular flexibility index (Phi) is 4.57. The molecule has 1 aliphatic carbocycles. The number of imide groups is 1. The second-order valence-electron chi connectivity index (χ2n) is 7.19. The van der Waals surface area contributed by atoms with Crippen molar-refractivity contribution in [3.63, 3.8) is 0 Å². The van der Waals surface area contributed by atoms with E-state index in [9.17, 15) is 9.59 Å². The van der Waals surface area contributed by atoms with E-state index in [2.05, 4.69) is 22.9 Å². The summed E-state index contributed by atoms with van der Waals surface area (Å²) < 4.78 is 6.79. The summed E-state index contributed by atoms with van der Waals surface area (Å²) in [4.78, 5) is 26.9. The van der Waals surface area contributed by atoms with E-state index in [1.54, 1.807) is 24.3 Å². The third-order valence-corrected chi connectivity index (χ3v) is 5.86. The zero-order valence-corrected chi connectivity index (χ0v) is 16.1. The van der Waals surface area contributed by atoms with Crippen molar-refractivity contribution in [3.8, 4) is 11.5 Å². The first-order valence-corrected chi connectivity index (χ1v) is 9.73. The third-order valence-electron chi connectivity index (χ3n) is 5.33. The molecule has 1 saturated heterocycles.